The van der Waals surface area contributed by atoms with Gasteiger partial charge in [0.2, 0.25) is 0 Å². The maximum Gasteiger partial charge on any atom is 0.306 e. The van der Waals surface area contributed by atoms with Gasteiger partial charge in [-0.05, 0) is 57.8 Å². The molecule has 0 spiro atoms. The first-order valence-electron chi connectivity index (χ1n) is 28.8. The third-order valence-electron chi connectivity index (χ3n) is 13.3. The van der Waals surface area contributed by atoms with Crippen LogP contribution in [0.5, 0.6) is 0 Å². The molecule has 66 heavy (non-hydrogen) atoms. The Morgan fingerprint density at radius 3 is 0.773 bits per heavy atom. The van der Waals surface area contributed by atoms with Crippen molar-refractivity contribution in [3.8, 4) is 0 Å². The van der Waals surface area contributed by atoms with Crippen molar-refractivity contribution in [3.05, 3.63) is 0 Å². The number of carbonyl (C=O) groups excluding carboxylic acids is 3. The SMILES string of the molecule is CCCCCCC(O)CCCCCCCCCCC(=O)OCC(COC(=O)CCCCCCCCCCC(O)CCCCCC)OC(=O)CCCCCCCCCCC(O)CCCCCC. The molecule has 0 heterocycles. The third-order valence-corrected chi connectivity index (χ3v) is 13.3. The number of hydrogen-bond donors (Lipinski definition) is 3. The second-order valence-electron chi connectivity index (χ2n) is 20.1. The molecule has 0 rings (SSSR count). The highest BCUT2D eigenvalue weighted by Gasteiger charge is 2.20. The van der Waals surface area contributed by atoms with Gasteiger partial charge in [0.05, 0.1) is 18.3 Å². The van der Waals surface area contributed by atoms with Crippen LogP contribution in [0.15, 0.2) is 0 Å². The van der Waals surface area contributed by atoms with E-state index in [4.69, 9.17) is 14.2 Å². The van der Waals surface area contributed by atoms with Crippen LogP contribution in [0.25, 0.3) is 0 Å². The maximum absolute atomic E-state index is 12.8. The quantitative estimate of drug-likeness (QED) is 0.0309. The standard InChI is InChI=1S/C57H110O9/c1-4-7-10-31-40-51(58)43-34-25-19-13-16-22-28-37-46-55(61)64-49-54(66-57(63)48-39-30-24-18-15-21-27-36-45-53(60)42-33-12-9-6-3)50-65-56(62)47-38-29-23-17-14-20-26-35-44-52(59)41-32-11-8-5-2/h51-54,58-60H,4-50H2,1-3H3. The summed E-state index contributed by atoms with van der Waals surface area (Å²) < 4.78 is 16.8. The molecule has 392 valence electrons. The lowest BCUT2D eigenvalue weighted by atomic mass is 10.0. The van der Waals surface area contributed by atoms with Crippen LogP contribution < -0.4 is 0 Å². The number of unbranched alkanes of at least 4 members (excludes halogenated alkanes) is 30. The summed E-state index contributed by atoms with van der Waals surface area (Å²) in [5.74, 6) is -0.980. The molecule has 3 unspecified atom stereocenters. The molecule has 0 amide bonds. The molecule has 9 heteroatoms. The summed E-state index contributed by atoms with van der Waals surface area (Å²) in [5.41, 5.74) is 0. The van der Waals surface area contributed by atoms with Crippen molar-refractivity contribution >= 4 is 17.9 Å². The Balaban J connectivity index is 4.41. The summed E-state index contributed by atoms with van der Waals surface area (Å²) >= 11 is 0. The summed E-state index contributed by atoms with van der Waals surface area (Å²) in [6, 6.07) is 0. The highest BCUT2D eigenvalue weighted by molar-refractivity contribution is 5.71. The third kappa shape index (κ3) is 48.7. The van der Waals surface area contributed by atoms with E-state index in [2.05, 4.69) is 20.8 Å². The van der Waals surface area contributed by atoms with E-state index >= 15 is 0 Å². The Bertz CT molecular complexity index is 983. The number of rotatable bonds is 53. The fourth-order valence-corrected chi connectivity index (χ4v) is 8.86. The number of esters is 3. The average Bonchev–Trinajstić information content (AvgIpc) is 3.30. The highest BCUT2D eigenvalue weighted by atomic mass is 16.6. The molecule has 0 aromatic heterocycles. The first-order chi connectivity index (χ1) is 32.2. The molecule has 0 aromatic rings. The molecular formula is C57H110O9. The van der Waals surface area contributed by atoms with Gasteiger partial charge < -0.3 is 29.5 Å². The first kappa shape index (κ1) is 64.3. The van der Waals surface area contributed by atoms with Gasteiger partial charge >= 0.3 is 17.9 Å². The smallest absolute Gasteiger partial charge is 0.306 e. The molecule has 0 bridgehead atoms. The Hall–Kier alpha value is -1.71. The lowest BCUT2D eigenvalue weighted by Gasteiger charge is -2.18. The molecule has 0 aromatic carbocycles. The van der Waals surface area contributed by atoms with Crippen LogP contribution in [-0.4, -0.2) is 70.9 Å². The fraction of sp³-hybridized carbons (Fsp3) is 0.947. The second kappa shape index (κ2) is 51.1. The zero-order valence-corrected chi connectivity index (χ0v) is 43.8. The molecule has 3 N–H and O–H groups in total. The van der Waals surface area contributed by atoms with Crippen molar-refractivity contribution in [1.82, 2.24) is 0 Å². The Morgan fingerprint density at radius 2 is 0.515 bits per heavy atom. The van der Waals surface area contributed by atoms with Gasteiger partial charge in [-0.1, -0.05) is 233 Å². The fourth-order valence-electron chi connectivity index (χ4n) is 8.86. The van der Waals surface area contributed by atoms with Gasteiger partial charge in [-0.15, -0.1) is 0 Å². The van der Waals surface area contributed by atoms with Crippen LogP contribution in [0.3, 0.4) is 0 Å². The zero-order valence-electron chi connectivity index (χ0n) is 43.8. The van der Waals surface area contributed by atoms with Gasteiger partial charge in [-0.3, -0.25) is 14.4 Å². The van der Waals surface area contributed by atoms with Gasteiger partial charge in [-0.2, -0.15) is 0 Å². The minimum Gasteiger partial charge on any atom is -0.462 e. The zero-order chi connectivity index (χ0) is 48.4. The Kier molecular flexibility index (Phi) is 49.8. The molecule has 0 radical (unpaired) electrons. The lowest BCUT2D eigenvalue weighted by molar-refractivity contribution is -0.167. The normalized spacial score (nSPS) is 13.4. The molecule has 0 aliphatic rings. The number of hydrogen-bond acceptors (Lipinski definition) is 9. The van der Waals surface area contributed by atoms with E-state index < -0.39 is 6.10 Å². The van der Waals surface area contributed by atoms with Gasteiger partial charge in [-0.25, -0.2) is 0 Å². The minimum absolute atomic E-state index is 0.112. The van der Waals surface area contributed by atoms with E-state index in [1.165, 1.54) is 109 Å². The van der Waals surface area contributed by atoms with E-state index in [0.29, 0.717) is 12.8 Å². The van der Waals surface area contributed by atoms with Crippen molar-refractivity contribution in [2.45, 2.75) is 334 Å². The van der Waals surface area contributed by atoms with Gasteiger partial charge in [0.1, 0.15) is 13.2 Å². The average molecular weight is 939 g/mol. The van der Waals surface area contributed by atoms with Crippen molar-refractivity contribution in [1.29, 1.82) is 0 Å². The predicted molar refractivity (Wildman–Crippen MR) is 275 cm³/mol. The van der Waals surface area contributed by atoms with E-state index in [9.17, 15) is 29.7 Å². The topological polar surface area (TPSA) is 140 Å². The van der Waals surface area contributed by atoms with Crippen molar-refractivity contribution in [3.63, 3.8) is 0 Å². The van der Waals surface area contributed by atoms with E-state index in [-0.39, 0.29) is 55.9 Å². The second-order valence-corrected chi connectivity index (χ2v) is 20.1. The Labute approximate surface area is 407 Å². The molecular weight excluding hydrogens is 829 g/mol. The maximum atomic E-state index is 12.8. The monoisotopic (exact) mass is 939 g/mol. The first-order valence-corrected chi connectivity index (χ1v) is 28.8. The van der Waals surface area contributed by atoms with Crippen LogP contribution in [0.1, 0.15) is 310 Å². The van der Waals surface area contributed by atoms with Crippen molar-refractivity contribution in [2.24, 2.45) is 0 Å². The summed E-state index contributed by atoms with van der Waals surface area (Å²) in [4.78, 5) is 38.1. The summed E-state index contributed by atoms with van der Waals surface area (Å²) in [7, 11) is 0. The van der Waals surface area contributed by atoms with Crippen LogP contribution in [0.2, 0.25) is 0 Å². The van der Waals surface area contributed by atoms with Crippen LogP contribution in [0, 0.1) is 0 Å². The molecule has 0 saturated carbocycles. The molecule has 0 aliphatic carbocycles. The lowest BCUT2D eigenvalue weighted by Crippen LogP contribution is -2.30. The van der Waals surface area contributed by atoms with Crippen LogP contribution in [0.4, 0.5) is 0 Å². The number of carbonyl (C=O) groups is 3. The summed E-state index contributed by atoms with van der Waals surface area (Å²) in [6.07, 6.45) is 45.4. The molecule has 0 aliphatic heterocycles. The van der Waals surface area contributed by atoms with Crippen LogP contribution in [-0.2, 0) is 28.6 Å². The number of aliphatic hydroxyl groups is 3. The number of ether oxygens (including phenoxy) is 3. The molecule has 9 nitrogen and oxygen atoms in total. The van der Waals surface area contributed by atoms with Gasteiger partial charge in [0.15, 0.2) is 6.10 Å². The van der Waals surface area contributed by atoms with Gasteiger partial charge in [0, 0.05) is 19.3 Å². The van der Waals surface area contributed by atoms with Crippen LogP contribution >= 0.6 is 0 Å². The summed E-state index contributed by atoms with van der Waals surface area (Å²) in [6.45, 7) is 6.41. The molecule has 0 saturated heterocycles. The molecule has 3 atom stereocenters. The van der Waals surface area contributed by atoms with E-state index in [0.717, 1.165) is 161 Å². The number of aliphatic hydroxyl groups excluding tert-OH is 3. The Morgan fingerprint density at radius 1 is 0.303 bits per heavy atom. The van der Waals surface area contributed by atoms with E-state index in [1.807, 2.05) is 0 Å². The largest absolute Gasteiger partial charge is 0.462 e. The van der Waals surface area contributed by atoms with Crippen molar-refractivity contribution in [2.75, 3.05) is 13.2 Å². The van der Waals surface area contributed by atoms with Crippen molar-refractivity contribution < 1.29 is 43.9 Å². The van der Waals surface area contributed by atoms with Gasteiger partial charge in [0.25, 0.3) is 0 Å². The predicted octanol–water partition coefficient (Wildman–Crippen LogP) is 15.7. The highest BCUT2D eigenvalue weighted by Crippen LogP contribution is 2.18. The summed E-state index contributed by atoms with van der Waals surface area (Å²) in [5, 5.41) is 30.5. The molecule has 0 fully saturated rings. The van der Waals surface area contributed by atoms with E-state index in [1.54, 1.807) is 0 Å². The minimum atomic E-state index is -0.815.